The molecule has 0 unspecified atom stereocenters. The van der Waals surface area contributed by atoms with E-state index in [-0.39, 0.29) is 17.6 Å². The van der Waals surface area contributed by atoms with Crippen molar-refractivity contribution in [1.29, 1.82) is 0 Å². The van der Waals surface area contributed by atoms with Gasteiger partial charge in [0.15, 0.2) is 0 Å². The maximum absolute atomic E-state index is 13.7. The van der Waals surface area contributed by atoms with Gasteiger partial charge in [0.1, 0.15) is 17.5 Å². The number of fused-ring (bicyclic) bond motifs is 1. The van der Waals surface area contributed by atoms with Gasteiger partial charge in [-0.05, 0) is 67.5 Å². The smallest absolute Gasteiger partial charge is 0.249 e. The maximum atomic E-state index is 13.7. The molecule has 1 aliphatic heterocycles. The van der Waals surface area contributed by atoms with E-state index in [1.165, 1.54) is 29.3 Å². The highest BCUT2D eigenvalue weighted by molar-refractivity contribution is 5.79. The van der Waals surface area contributed by atoms with Crippen molar-refractivity contribution in [3.63, 3.8) is 0 Å². The second kappa shape index (κ2) is 8.58. The Balaban J connectivity index is 1.21. The maximum Gasteiger partial charge on any atom is 0.249 e. The van der Waals surface area contributed by atoms with Crippen LogP contribution in [0.3, 0.4) is 0 Å². The molecular formula is C24H24F3N3O2. The minimum atomic E-state index is -0.658. The van der Waals surface area contributed by atoms with E-state index in [9.17, 15) is 18.0 Å². The summed E-state index contributed by atoms with van der Waals surface area (Å²) < 4.78 is 42.6. The number of carbonyl (C=O) groups is 1. The summed E-state index contributed by atoms with van der Waals surface area (Å²) in [5.41, 5.74) is 1.19. The van der Waals surface area contributed by atoms with Crippen LogP contribution in [0.5, 0.6) is 0 Å². The fraction of sp³-hybridized carbons (Fsp3) is 0.417. The van der Waals surface area contributed by atoms with Gasteiger partial charge in [-0.3, -0.25) is 14.3 Å². The Labute approximate surface area is 183 Å². The Morgan fingerprint density at radius 3 is 2.47 bits per heavy atom. The van der Waals surface area contributed by atoms with Crippen molar-refractivity contribution in [2.75, 3.05) is 6.61 Å². The molecule has 8 heteroatoms. The van der Waals surface area contributed by atoms with Crippen molar-refractivity contribution in [2.45, 2.75) is 44.7 Å². The molecular weight excluding hydrogens is 419 g/mol. The van der Waals surface area contributed by atoms with Crippen molar-refractivity contribution >= 4 is 16.8 Å². The highest BCUT2D eigenvalue weighted by Crippen LogP contribution is 2.37. The molecule has 1 saturated carbocycles. The summed E-state index contributed by atoms with van der Waals surface area (Å²) in [5.74, 6) is -1.50. The number of hydroxylamine groups is 2. The third kappa shape index (κ3) is 4.24. The molecule has 2 aromatic carbocycles. The normalized spacial score (nSPS) is 23.7. The summed E-state index contributed by atoms with van der Waals surface area (Å²) >= 11 is 0. The first kappa shape index (κ1) is 21.0. The number of hydrogen-bond donors (Lipinski definition) is 0. The zero-order valence-electron chi connectivity index (χ0n) is 17.5. The summed E-state index contributed by atoms with van der Waals surface area (Å²) in [6.45, 7) is 1.07. The van der Waals surface area contributed by atoms with E-state index in [1.807, 2.05) is 10.9 Å². The lowest BCUT2D eigenvalue weighted by atomic mass is 9.81. The summed E-state index contributed by atoms with van der Waals surface area (Å²) in [7, 11) is 0. The number of nitrogens with zero attached hydrogens (tertiary/aromatic N) is 3. The second-order valence-electron chi connectivity index (χ2n) is 8.78. The molecule has 1 saturated heterocycles. The minimum Gasteiger partial charge on any atom is -0.272 e. The van der Waals surface area contributed by atoms with Crippen LogP contribution in [0.25, 0.3) is 10.9 Å². The van der Waals surface area contributed by atoms with Crippen molar-refractivity contribution in [3.8, 4) is 0 Å². The van der Waals surface area contributed by atoms with Gasteiger partial charge in [0.25, 0.3) is 0 Å². The summed E-state index contributed by atoms with van der Waals surface area (Å²) in [4.78, 5) is 18.7. The topological polar surface area (TPSA) is 47.4 Å². The van der Waals surface area contributed by atoms with Gasteiger partial charge in [0.2, 0.25) is 5.91 Å². The average molecular weight is 443 g/mol. The molecule has 0 spiro atoms. The van der Waals surface area contributed by atoms with E-state index in [0.29, 0.717) is 24.5 Å². The van der Waals surface area contributed by atoms with E-state index in [4.69, 9.17) is 4.84 Å². The van der Waals surface area contributed by atoms with Crippen molar-refractivity contribution < 1.29 is 22.8 Å². The zero-order valence-corrected chi connectivity index (χ0v) is 17.5. The van der Waals surface area contributed by atoms with Crippen LogP contribution >= 0.6 is 0 Å². The van der Waals surface area contributed by atoms with E-state index in [1.54, 1.807) is 6.07 Å². The molecule has 1 aromatic heterocycles. The van der Waals surface area contributed by atoms with Crippen LogP contribution in [0.15, 0.2) is 42.6 Å². The first-order valence-corrected chi connectivity index (χ1v) is 11.0. The van der Waals surface area contributed by atoms with Crippen molar-refractivity contribution in [3.05, 3.63) is 65.6 Å². The van der Waals surface area contributed by atoms with Gasteiger partial charge in [-0.2, -0.15) is 5.10 Å². The fourth-order valence-electron chi connectivity index (χ4n) is 4.93. The van der Waals surface area contributed by atoms with Crippen LogP contribution in [0.1, 0.15) is 43.7 Å². The van der Waals surface area contributed by atoms with Crippen LogP contribution in [0.4, 0.5) is 13.2 Å². The average Bonchev–Trinajstić information content (AvgIpc) is 3.39. The molecule has 1 amide bonds. The third-order valence-corrected chi connectivity index (χ3v) is 6.55. The highest BCUT2D eigenvalue weighted by atomic mass is 19.1. The third-order valence-electron chi connectivity index (χ3n) is 6.55. The highest BCUT2D eigenvalue weighted by Gasteiger charge is 2.37. The Morgan fingerprint density at radius 1 is 0.969 bits per heavy atom. The standard InChI is InChI=1S/C24H24F3N3O2/c25-19-5-6-22-18(11-19)14-29(28-22)13-15-1-3-16(4-2-15)24(31)30-23(7-8-32-30)17-9-20(26)12-21(27)10-17/h5-6,9-12,14-16,23H,1-4,7-8,13H2/t15-,16-,23-/m0/s1. The van der Waals surface area contributed by atoms with Gasteiger partial charge >= 0.3 is 0 Å². The number of amides is 1. The van der Waals surface area contributed by atoms with Gasteiger partial charge in [-0.25, -0.2) is 18.2 Å². The van der Waals surface area contributed by atoms with Gasteiger partial charge in [-0.1, -0.05) is 0 Å². The number of benzene rings is 2. The fourth-order valence-corrected chi connectivity index (χ4v) is 4.93. The second-order valence-corrected chi connectivity index (χ2v) is 8.78. The Hall–Kier alpha value is -2.87. The van der Waals surface area contributed by atoms with Crippen LogP contribution in [0, 0.1) is 29.3 Å². The van der Waals surface area contributed by atoms with Gasteiger partial charge < -0.3 is 0 Å². The van der Waals surface area contributed by atoms with Gasteiger partial charge in [0, 0.05) is 36.5 Å². The van der Waals surface area contributed by atoms with Crippen LogP contribution in [-0.4, -0.2) is 27.4 Å². The Kier molecular flexibility index (Phi) is 5.63. The molecule has 0 bridgehead atoms. The number of halogens is 3. The number of carbonyl (C=O) groups excluding carboxylic acids is 1. The molecule has 1 atom stereocenters. The SMILES string of the molecule is O=C([C@H]1CC[C@H](Cn2cc3cc(F)ccc3n2)CC1)N1OCC[C@H]1c1cc(F)cc(F)c1. The minimum absolute atomic E-state index is 0.115. The molecule has 2 fully saturated rings. The number of aromatic nitrogens is 2. The molecule has 2 aliphatic rings. The largest absolute Gasteiger partial charge is 0.272 e. The molecule has 3 aromatic rings. The zero-order chi connectivity index (χ0) is 22.2. The number of hydrogen-bond acceptors (Lipinski definition) is 3. The van der Waals surface area contributed by atoms with Crippen LogP contribution in [0.2, 0.25) is 0 Å². The summed E-state index contributed by atoms with van der Waals surface area (Å²) in [6, 6.07) is 7.44. The van der Waals surface area contributed by atoms with E-state index in [0.717, 1.165) is 49.2 Å². The predicted molar refractivity (Wildman–Crippen MR) is 112 cm³/mol. The monoisotopic (exact) mass is 443 g/mol. The Morgan fingerprint density at radius 2 is 1.72 bits per heavy atom. The summed E-state index contributed by atoms with van der Waals surface area (Å²) in [6.07, 6.45) is 5.56. The lowest BCUT2D eigenvalue weighted by Gasteiger charge is -2.32. The lowest BCUT2D eigenvalue weighted by Crippen LogP contribution is -2.37. The molecule has 0 radical (unpaired) electrons. The Bertz CT molecular complexity index is 1120. The van der Waals surface area contributed by atoms with Gasteiger partial charge in [-0.15, -0.1) is 0 Å². The van der Waals surface area contributed by atoms with Crippen molar-refractivity contribution in [1.82, 2.24) is 14.8 Å². The molecule has 5 nitrogen and oxygen atoms in total. The van der Waals surface area contributed by atoms with E-state index < -0.39 is 17.7 Å². The van der Waals surface area contributed by atoms with Crippen molar-refractivity contribution in [2.24, 2.45) is 11.8 Å². The lowest BCUT2D eigenvalue weighted by molar-refractivity contribution is -0.183. The molecule has 32 heavy (non-hydrogen) atoms. The first-order valence-electron chi connectivity index (χ1n) is 11.0. The molecule has 0 N–H and O–H groups in total. The molecule has 2 heterocycles. The van der Waals surface area contributed by atoms with E-state index >= 15 is 0 Å². The predicted octanol–water partition coefficient (Wildman–Crippen LogP) is 5.17. The first-order chi connectivity index (χ1) is 15.5. The quantitative estimate of drug-likeness (QED) is 0.559. The molecule has 5 rings (SSSR count). The number of rotatable bonds is 4. The van der Waals surface area contributed by atoms with Crippen LogP contribution in [-0.2, 0) is 16.2 Å². The summed E-state index contributed by atoms with van der Waals surface area (Å²) in [5, 5.41) is 6.62. The molecule has 168 valence electrons. The van der Waals surface area contributed by atoms with E-state index in [2.05, 4.69) is 5.10 Å². The van der Waals surface area contributed by atoms with Gasteiger partial charge in [0.05, 0.1) is 18.2 Å². The van der Waals surface area contributed by atoms with Crippen LogP contribution < -0.4 is 0 Å². The molecule has 1 aliphatic carbocycles.